The summed E-state index contributed by atoms with van der Waals surface area (Å²) in [4.78, 5) is 12.7. The molecule has 2 heterocycles. The second-order valence-electron chi connectivity index (χ2n) is 8.68. The van der Waals surface area contributed by atoms with Gasteiger partial charge in [-0.3, -0.25) is 4.57 Å². The monoisotopic (exact) mass is 377 g/mol. The van der Waals surface area contributed by atoms with Gasteiger partial charge in [-0.05, 0) is 60.6 Å². The summed E-state index contributed by atoms with van der Waals surface area (Å²) < 4.78 is 19.3. The fraction of sp³-hybridized carbons (Fsp3) is 0.526. The maximum Gasteiger partial charge on any atom is 0.497 e. The van der Waals surface area contributed by atoms with E-state index >= 15 is 0 Å². The molecule has 26 heavy (non-hydrogen) atoms. The topological polar surface area (TPSA) is 49.7 Å². The van der Waals surface area contributed by atoms with Gasteiger partial charge in [0.05, 0.1) is 16.7 Å². The van der Waals surface area contributed by atoms with Crippen LogP contribution in [-0.2, 0) is 14.0 Å². The third kappa shape index (κ3) is 3.38. The van der Waals surface area contributed by atoms with Crippen LogP contribution in [0.15, 0.2) is 24.4 Å². The van der Waals surface area contributed by atoms with Gasteiger partial charge in [0.2, 0.25) is 0 Å². The third-order valence-electron chi connectivity index (χ3n) is 4.90. The molecule has 140 valence electrons. The number of hydrogen-bond donors (Lipinski definition) is 0. The summed E-state index contributed by atoms with van der Waals surface area (Å²) in [6.45, 7) is 13.5. The zero-order chi connectivity index (χ0) is 19.5. The van der Waals surface area contributed by atoms with Crippen LogP contribution in [0.2, 0.25) is 5.02 Å². The van der Waals surface area contributed by atoms with Crippen LogP contribution in [0.4, 0.5) is 4.79 Å². The van der Waals surface area contributed by atoms with Crippen LogP contribution in [0.25, 0.3) is 10.9 Å². The van der Waals surface area contributed by atoms with Crippen molar-refractivity contribution in [3.63, 3.8) is 0 Å². The van der Waals surface area contributed by atoms with E-state index < -0.39 is 30.0 Å². The van der Waals surface area contributed by atoms with Crippen LogP contribution < -0.4 is 5.46 Å². The highest BCUT2D eigenvalue weighted by molar-refractivity contribution is 6.65. The highest BCUT2D eigenvalue weighted by atomic mass is 35.5. The van der Waals surface area contributed by atoms with Gasteiger partial charge in [0.1, 0.15) is 5.60 Å². The van der Waals surface area contributed by atoms with Crippen molar-refractivity contribution < 1.29 is 18.8 Å². The molecule has 0 atom stereocenters. The highest BCUT2D eigenvalue weighted by Gasteiger charge is 2.52. The van der Waals surface area contributed by atoms with E-state index in [0.717, 1.165) is 10.8 Å². The first kappa shape index (κ1) is 19.3. The SMILES string of the molecule is CC(C)(C)OC(=O)n1cc(B2OC(C)(C)C(C)(C)O2)c2ccc(Cl)cc21. The van der Waals surface area contributed by atoms with Gasteiger partial charge in [-0.25, -0.2) is 4.79 Å². The van der Waals surface area contributed by atoms with Crippen molar-refractivity contribution in [2.45, 2.75) is 65.3 Å². The fourth-order valence-electron chi connectivity index (χ4n) is 2.85. The molecular weight excluding hydrogens is 352 g/mol. The van der Waals surface area contributed by atoms with E-state index in [-0.39, 0.29) is 0 Å². The fourth-order valence-corrected chi connectivity index (χ4v) is 3.01. The number of halogens is 1. The lowest BCUT2D eigenvalue weighted by molar-refractivity contribution is 0.00578. The van der Waals surface area contributed by atoms with Gasteiger partial charge in [0.25, 0.3) is 0 Å². The van der Waals surface area contributed by atoms with Crippen LogP contribution in [0.3, 0.4) is 0 Å². The first-order chi connectivity index (χ1) is 11.8. The van der Waals surface area contributed by atoms with E-state index in [2.05, 4.69) is 0 Å². The number of ether oxygens (including phenoxy) is 1. The zero-order valence-electron chi connectivity index (χ0n) is 16.3. The normalized spacial score (nSPS) is 19.2. The number of aromatic nitrogens is 1. The Labute approximate surface area is 159 Å². The molecule has 1 aliphatic rings. The van der Waals surface area contributed by atoms with E-state index in [1.165, 1.54) is 4.57 Å². The van der Waals surface area contributed by atoms with Crippen LogP contribution in [-0.4, -0.2) is 34.6 Å². The molecule has 0 aliphatic carbocycles. The Morgan fingerprint density at radius 2 is 1.73 bits per heavy atom. The minimum absolute atomic E-state index is 0.465. The molecule has 1 aliphatic heterocycles. The molecule has 0 radical (unpaired) electrons. The molecule has 5 nitrogen and oxygen atoms in total. The summed E-state index contributed by atoms with van der Waals surface area (Å²) in [7, 11) is -0.577. The van der Waals surface area contributed by atoms with Crippen molar-refractivity contribution in [2.75, 3.05) is 0 Å². The quantitative estimate of drug-likeness (QED) is 0.692. The molecule has 1 aromatic carbocycles. The lowest BCUT2D eigenvalue weighted by Gasteiger charge is -2.32. The maximum atomic E-state index is 12.7. The first-order valence-corrected chi connectivity index (χ1v) is 9.08. The standard InChI is InChI=1S/C19H25BClNO4/c1-17(2,3)24-16(23)22-11-14(13-9-8-12(21)10-15(13)22)20-25-18(4,5)19(6,7)26-20/h8-11H,1-7H3. The summed E-state index contributed by atoms with van der Waals surface area (Å²) in [6.07, 6.45) is 1.25. The number of fused-ring (bicyclic) bond motifs is 1. The predicted octanol–water partition coefficient (Wildman–Crippen LogP) is 4.38. The van der Waals surface area contributed by atoms with Gasteiger partial charge in [-0.1, -0.05) is 17.7 Å². The molecule has 0 unspecified atom stereocenters. The number of hydrogen-bond acceptors (Lipinski definition) is 4. The molecule has 0 spiro atoms. The number of nitrogens with zero attached hydrogens (tertiary/aromatic N) is 1. The van der Waals surface area contributed by atoms with Crippen molar-refractivity contribution in [2.24, 2.45) is 0 Å². The Morgan fingerprint density at radius 3 is 2.27 bits per heavy atom. The zero-order valence-corrected chi connectivity index (χ0v) is 17.1. The second-order valence-corrected chi connectivity index (χ2v) is 9.12. The van der Waals surface area contributed by atoms with Gasteiger partial charge in [0, 0.05) is 22.1 Å². The van der Waals surface area contributed by atoms with E-state index in [1.807, 2.05) is 54.5 Å². The maximum absolute atomic E-state index is 12.7. The average Bonchev–Trinajstić information content (AvgIpc) is 2.91. The van der Waals surface area contributed by atoms with Crippen LogP contribution in [0, 0.1) is 0 Å². The molecule has 0 N–H and O–H groups in total. The van der Waals surface area contributed by atoms with Crippen molar-refractivity contribution >= 4 is 41.2 Å². The van der Waals surface area contributed by atoms with Crippen LogP contribution in [0.5, 0.6) is 0 Å². The first-order valence-electron chi connectivity index (χ1n) is 8.70. The minimum atomic E-state index is -0.600. The van der Waals surface area contributed by atoms with E-state index in [4.69, 9.17) is 25.6 Å². The van der Waals surface area contributed by atoms with Crippen molar-refractivity contribution in [3.05, 3.63) is 29.4 Å². The molecule has 3 rings (SSSR count). The second kappa shape index (κ2) is 6.01. The van der Waals surface area contributed by atoms with E-state index in [1.54, 1.807) is 18.3 Å². The molecule has 7 heteroatoms. The molecule has 1 aromatic heterocycles. The third-order valence-corrected chi connectivity index (χ3v) is 5.13. The smallest absolute Gasteiger partial charge is 0.443 e. The van der Waals surface area contributed by atoms with Crippen LogP contribution in [0.1, 0.15) is 48.5 Å². The Kier molecular flexibility index (Phi) is 4.45. The average molecular weight is 378 g/mol. The molecular formula is C19H25BClNO4. The summed E-state index contributed by atoms with van der Waals surface area (Å²) in [5.74, 6) is 0. The van der Waals surface area contributed by atoms with Crippen molar-refractivity contribution in [3.8, 4) is 0 Å². The predicted molar refractivity (Wildman–Crippen MR) is 104 cm³/mol. The molecule has 2 aromatic rings. The molecule has 1 saturated heterocycles. The summed E-state index contributed by atoms with van der Waals surface area (Å²) in [5, 5.41) is 1.39. The van der Waals surface area contributed by atoms with Gasteiger partial charge in [-0.2, -0.15) is 0 Å². The summed E-state index contributed by atoms with van der Waals surface area (Å²) >= 11 is 6.16. The Hall–Kier alpha value is -1.50. The number of rotatable bonds is 1. The van der Waals surface area contributed by atoms with E-state index in [9.17, 15) is 4.79 Å². The van der Waals surface area contributed by atoms with E-state index in [0.29, 0.717) is 10.5 Å². The number of carbonyl (C=O) groups is 1. The van der Waals surface area contributed by atoms with Gasteiger partial charge >= 0.3 is 13.2 Å². The lowest BCUT2D eigenvalue weighted by Crippen LogP contribution is -2.41. The van der Waals surface area contributed by atoms with Crippen molar-refractivity contribution in [1.29, 1.82) is 0 Å². The van der Waals surface area contributed by atoms with Crippen molar-refractivity contribution in [1.82, 2.24) is 4.57 Å². The lowest BCUT2D eigenvalue weighted by atomic mass is 9.79. The molecule has 0 saturated carbocycles. The largest absolute Gasteiger partial charge is 0.497 e. The minimum Gasteiger partial charge on any atom is -0.443 e. The van der Waals surface area contributed by atoms with Gasteiger partial charge < -0.3 is 14.0 Å². The summed E-state index contributed by atoms with van der Waals surface area (Å²) in [6, 6.07) is 5.41. The number of carbonyl (C=O) groups excluding carboxylic acids is 1. The Bertz CT molecular complexity index is 850. The molecule has 0 amide bonds. The Morgan fingerprint density at radius 1 is 1.15 bits per heavy atom. The highest BCUT2D eigenvalue weighted by Crippen LogP contribution is 2.37. The molecule has 1 fully saturated rings. The van der Waals surface area contributed by atoms with Gasteiger partial charge in [-0.15, -0.1) is 0 Å². The van der Waals surface area contributed by atoms with Gasteiger partial charge in [0.15, 0.2) is 0 Å². The summed E-state index contributed by atoms with van der Waals surface area (Å²) in [5.41, 5.74) is -0.0938. The Balaban J connectivity index is 2.09. The number of benzene rings is 1. The van der Waals surface area contributed by atoms with Crippen LogP contribution >= 0.6 is 11.6 Å². The molecule has 0 bridgehead atoms.